The molecule has 0 bridgehead atoms. The number of halogens is 1. The van der Waals surface area contributed by atoms with Gasteiger partial charge in [0.15, 0.2) is 0 Å². The molecule has 0 radical (unpaired) electrons. The van der Waals surface area contributed by atoms with E-state index in [2.05, 4.69) is 22.3 Å². The highest BCUT2D eigenvalue weighted by Crippen LogP contribution is 2.31. The van der Waals surface area contributed by atoms with Crippen molar-refractivity contribution in [3.05, 3.63) is 28.8 Å². The highest BCUT2D eigenvalue weighted by atomic mass is 35.5. The lowest BCUT2D eigenvalue weighted by atomic mass is 9.93. The van der Waals surface area contributed by atoms with Crippen LogP contribution in [0, 0.1) is 5.92 Å². The average Bonchev–Trinajstić information content (AvgIpc) is 2.24. The number of nitrogens with zero attached hydrogens (tertiary/aromatic N) is 1. The van der Waals surface area contributed by atoms with E-state index in [9.17, 15) is 0 Å². The van der Waals surface area contributed by atoms with Gasteiger partial charge in [0.25, 0.3) is 0 Å². The highest BCUT2D eigenvalue weighted by Gasteiger charge is 2.23. The zero-order valence-corrected chi connectivity index (χ0v) is 10.1. The van der Waals surface area contributed by atoms with Crippen LogP contribution < -0.4 is 5.32 Å². The molecule has 2 heterocycles. The van der Waals surface area contributed by atoms with E-state index in [0.29, 0.717) is 0 Å². The number of fused-ring (bicyclic) bond motifs is 1. The number of nitrogens with one attached hydrogen (secondary N) is 1. The second kappa shape index (κ2) is 4.27. The van der Waals surface area contributed by atoms with Gasteiger partial charge in [0.05, 0.1) is 10.7 Å². The SMILES string of the molecule is Clc1cccc2c1NCC(CN1CCC1)C2. The van der Waals surface area contributed by atoms with Crippen molar-refractivity contribution in [2.45, 2.75) is 12.8 Å². The Balaban J connectivity index is 1.70. The van der Waals surface area contributed by atoms with E-state index in [1.165, 1.54) is 38.0 Å². The molecule has 3 rings (SSSR count). The topological polar surface area (TPSA) is 15.3 Å². The van der Waals surface area contributed by atoms with E-state index in [0.717, 1.165) is 23.2 Å². The third kappa shape index (κ3) is 1.92. The molecular weight excluding hydrogens is 220 g/mol. The van der Waals surface area contributed by atoms with Crippen molar-refractivity contribution in [3.8, 4) is 0 Å². The van der Waals surface area contributed by atoms with Gasteiger partial charge < -0.3 is 10.2 Å². The summed E-state index contributed by atoms with van der Waals surface area (Å²) in [5.74, 6) is 0.742. The van der Waals surface area contributed by atoms with Crippen LogP contribution in [0.2, 0.25) is 5.02 Å². The van der Waals surface area contributed by atoms with Crippen LogP contribution >= 0.6 is 11.6 Å². The van der Waals surface area contributed by atoms with Gasteiger partial charge in [0.2, 0.25) is 0 Å². The molecule has 0 aliphatic carbocycles. The maximum absolute atomic E-state index is 6.16. The fraction of sp³-hybridized carbons (Fsp3) is 0.538. The molecule has 2 aliphatic heterocycles. The number of benzene rings is 1. The van der Waals surface area contributed by atoms with Crippen molar-refractivity contribution in [1.82, 2.24) is 4.90 Å². The van der Waals surface area contributed by atoms with E-state index >= 15 is 0 Å². The maximum atomic E-state index is 6.16. The number of anilines is 1. The van der Waals surface area contributed by atoms with Crippen molar-refractivity contribution in [2.24, 2.45) is 5.92 Å². The van der Waals surface area contributed by atoms with Gasteiger partial charge in [-0.25, -0.2) is 0 Å². The maximum Gasteiger partial charge on any atom is 0.0640 e. The standard InChI is InChI=1S/C13H17ClN2/c14-12-4-1-3-11-7-10(8-15-13(11)12)9-16-5-2-6-16/h1,3-4,10,15H,2,5-9H2. The third-order valence-electron chi connectivity index (χ3n) is 3.64. The summed E-state index contributed by atoms with van der Waals surface area (Å²) in [4.78, 5) is 2.54. The smallest absolute Gasteiger partial charge is 0.0640 e. The monoisotopic (exact) mass is 236 g/mol. The minimum atomic E-state index is 0.742. The van der Waals surface area contributed by atoms with Crippen molar-refractivity contribution >= 4 is 17.3 Å². The zero-order chi connectivity index (χ0) is 11.0. The first-order valence-electron chi connectivity index (χ1n) is 6.06. The van der Waals surface area contributed by atoms with Gasteiger partial charge >= 0.3 is 0 Å². The molecule has 1 atom stereocenters. The Kier molecular flexibility index (Phi) is 2.78. The molecule has 0 spiro atoms. The molecule has 86 valence electrons. The molecule has 2 aliphatic rings. The molecule has 1 fully saturated rings. The minimum Gasteiger partial charge on any atom is -0.383 e. The van der Waals surface area contributed by atoms with Crippen LogP contribution in [0.15, 0.2) is 18.2 Å². The summed E-state index contributed by atoms with van der Waals surface area (Å²) in [5.41, 5.74) is 2.54. The van der Waals surface area contributed by atoms with Crippen LogP contribution in [-0.2, 0) is 6.42 Å². The Morgan fingerprint density at radius 3 is 3.00 bits per heavy atom. The third-order valence-corrected chi connectivity index (χ3v) is 3.96. The van der Waals surface area contributed by atoms with Gasteiger partial charge in [-0.2, -0.15) is 0 Å². The largest absolute Gasteiger partial charge is 0.383 e. The molecule has 1 aromatic rings. The quantitative estimate of drug-likeness (QED) is 0.849. The van der Waals surface area contributed by atoms with Gasteiger partial charge in [0.1, 0.15) is 0 Å². The van der Waals surface area contributed by atoms with Crippen LogP contribution in [0.5, 0.6) is 0 Å². The Labute approximate surface area is 102 Å². The number of hydrogen-bond donors (Lipinski definition) is 1. The zero-order valence-electron chi connectivity index (χ0n) is 9.38. The summed E-state index contributed by atoms with van der Waals surface area (Å²) in [6, 6.07) is 6.20. The van der Waals surface area contributed by atoms with E-state index in [1.807, 2.05) is 6.07 Å². The summed E-state index contributed by atoms with van der Waals surface area (Å²) in [6.07, 6.45) is 2.54. The molecule has 0 aromatic heterocycles. The van der Waals surface area contributed by atoms with Crippen molar-refractivity contribution < 1.29 is 0 Å². The molecule has 0 amide bonds. The first-order chi connectivity index (χ1) is 7.83. The lowest BCUT2D eigenvalue weighted by molar-refractivity contribution is 0.154. The van der Waals surface area contributed by atoms with Crippen LogP contribution in [-0.4, -0.2) is 31.1 Å². The summed E-state index contributed by atoms with van der Waals surface area (Å²) < 4.78 is 0. The highest BCUT2D eigenvalue weighted by molar-refractivity contribution is 6.33. The first kappa shape index (κ1) is 10.4. The van der Waals surface area contributed by atoms with Crippen LogP contribution in [0.1, 0.15) is 12.0 Å². The Morgan fingerprint density at radius 2 is 2.25 bits per heavy atom. The molecule has 16 heavy (non-hydrogen) atoms. The lowest BCUT2D eigenvalue weighted by Gasteiger charge is -2.36. The Morgan fingerprint density at radius 1 is 1.38 bits per heavy atom. The number of likely N-dealkylation sites (tertiary alicyclic amines) is 1. The molecule has 1 unspecified atom stereocenters. The van der Waals surface area contributed by atoms with Gasteiger partial charge in [-0.3, -0.25) is 0 Å². The van der Waals surface area contributed by atoms with Crippen LogP contribution in [0.25, 0.3) is 0 Å². The van der Waals surface area contributed by atoms with E-state index in [-0.39, 0.29) is 0 Å². The van der Waals surface area contributed by atoms with Gasteiger partial charge in [-0.1, -0.05) is 23.7 Å². The number of para-hydroxylation sites is 1. The molecule has 1 aromatic carbocycles. The van der Waals surface area contributed by atoms with Crippen LogP contribution in [0.3, 0.4) is 0 Å². The van der Waals surface area contributed by atoms with Crippen molar-refractivity contribution in [3.63, 3.8) is 0 Å². The summed E-state index contributed by atoms with van der Waals surface area (Å²) in [7, 11) is 0. The minimum absolute atomic E-state index is 0.742. The van der Waals surface area contributed by atoms with Crippen molar-refractivity contribution in [2.75, 3.05) is 31.5 Å². The van der Waals surface area contributed by atoms with E-state index < -0.39 is 0 Å². The van der Waals surface area contributed by atoms with Gasteiger partial charge in [-0.15, -0.1) is 0 Å². The van der Waals surface area contributed by atoms with Crippen molar-refractivity contribution in [1.29, 1.82) is 0 Å². The first-order valence-corrected chi connectivity index (χ1v) is 6.44. The molecule has 1 saturated heterocycles. The Bertz CT molecular complexity index is 388. The lowest BCUT2D eigenvalue weighted by Crippen LogP contribution is -2.43. The predicted octanol–water partition coefficient (Wildman–Crippen LogP) is 2.63. The predicted molar refractivity (Wildman–Crippen MR) is 68.2 cm³/mol. The summed E-state index contributed by atoms with van der Waals surface area (Å²) >= 11 is 6.16. The molecule has 0 saturated carbocycles. The second-order valence-corrected chi connectivity index (χ2v) is 5.29. The van der Waals surface area contributed by atoms with E-state index in [4.69, 9.17) is 11.6 Å². The molecular formula is C13H17ClN2. The molecule has 3 heteroatoms. The fourth-order valence-corrected chi connectivity index (χ4v) is 2.89. The molecule has 2 nitrogen and oxygen atoms in total. The second-order valence-electron chi connectivity index (χ2n) is 4.88. The average molecular weight is 237 g/mol. The van der Waals surface area contributed by atoms with E-state index in [1.54, 1.807) is 0 Å². The number of hydrogen-bond acceptors (Lipinski definition) is 2. The Hall–Kier alpha value is -0.730. The molecule has 1 N–H and O–H groups in total. The van der Waals surface area contributed by atoms with Gasteiger partial charge in [-0.05, 0) is 43.5 Å². The normalized spacial score (nSPS) is 24.4. The summed E-state index contributed by atoms with van der Waals surface area (Å²) in [5, 5.41) is 4.34. The summed E-state index contributed by atoms with van der Waals surface area (Å²) in [6.45, 7) is 4.88. The van der Waals surface area contributed by atoms with Gasteiger partial charge in [0, 0.05) is 13.1 Å². The van der Waals surface area contributed by atoms with Crippen LogP contribution in [0.4, 0.5) is 5.69 Å². The number of rotatable bonds is 2. The fourth-order valence-electron chi connectivity index (χ4n) is 2.62.